The van der Waals surface area contributed by atoms with Crippen molar-refractivity contribution in [3.63, 3.8) is 0 Å². The van der Waals surface area contributed by atoms with Gasteiger partial charge in [0, 0.05) is 19.8 Å². The fourth-order valence-electron chi connectivity index (χ4n) is 2.13. The van der Waals surface area contributed by atoms with Crippen molar-refractivity contribution in [2.45, 2.75) is 52.2 Å². The van der Waals surface area contributed by atoms with Crippen LogP contribution in [0.2, 0.25) is 0 Å². The number of nitrogens with one attached hydrogen (secondary N) is 1. The SMILES string of the molecule is CCOCCCN1C(=O)C(CC)NC1CC. The summed E-state index contributed by atoms with van der Waals surface area (Å²) >= 11 is 0. The second kappa shape index (κ2) is 6.86. The van der Waals surface area contributed by atoms with Crippen molar-refractivity contribution in [3.05, 3.63) is 0 Å². The number of rotatable bonds is 7. The minimum atomic E-state index is 0.0250. The van der Waals surface area contributed by atoms with Crippen molar-refractivity contribution in [3.8, 4) is 0 Å². The Morgan fingerprint density at radius 3 is 2.62 bits per heavy atom. The summed E-state index contributed by atoms with van der Waals surface area (Å²) in [6.45, 7) is 8.45. The van der Waals surface area contributed by atoms with E-state index in [0.717, 1.165) is 39.0 Å². The fraction of sp³-hybridized carbons (Fsp3) is 0.917. The Morgan fingerprint density at radius 1 is 1.31 bits per heavy atom. The molecule has 1 amide bonds. The Bertz CT molecular complexity index is 221. The first-order chi connectivity index (χ1) is 7.74. The van der Waals surface area contributed by atoms with E-state index in [4.69, 9.17) is 4.74 Å². The van der Waals surface area contributed by atoms with E-state index in [2.05, 4.69) is 12.2 Å². The van der Waals surface area contributed by atoms with Crippen LogP contribution < -0.4 is 5.32 Å². The first-order valence-electron chi connectivity index (χ1n) is 6.38. The zero-order valence-corrected chi connectivity index (χ0v) is 10.7. The van der Waals surface area contributed by atoms with E-state index in [1.807, 2.05) is 18.7 Å². The first kappa shape index (κ1) is 13.5. The second-order valence-corrected chi connectivity index (χ2v) is 4.13. The third kappa shape index (κ3) is 3.19. The average Bonchev–Trinajstić information content (AvgIpc) is 2.61. The van der Waals surface area contributed by atoms with Gasteiger partial charge < -0.3 is 9.64 Å². The van der Waals surface area contributed by atoms with E-state index in [1.54, 1.807) is 0 Å². The molecule has 1 heterocycles. The predicted octanol–water partition coefficient (Wildman–Crippen LogP) is 1.36. The largest absolute Gasteiger partial charge is 0.382 e. The average molecular weight is 228 g/mol. The van der Waals surface area contributed by atoms with Crippen LogP contribution in [0.5, 0.6) is 0 Å². The van der Waals surface area contributed by atoms with Gasteiger partial charge in [0.1, 0.15) is 0 Å². The molecule has 16 heavy (non-hydrogen) atoms. The molecule has 0 aromatic rings. The molecule has 0 bridgehead atoms. The summed E-state index contributed by atoms with van der Waals surface area (Å²) in [6.07, 6.45) is 2.99. The van der Waals surface area contributed by atoms with Gasteiger partial charge >= 0.3 is 0 Å². The molecular weight excluding hydrogens is 204 g/mol. The maximum absolute atomic E-state index is 12.0. The Labute approximate surface area is 98.3 Å². The predicted molar refractivity (Wildman–Crippen MR) is 64.1 cm³/mol. The standard InChI is InChI=1S/C12H24N2O2/c1-4-10-12(15)14(11(5-2)13-10)8-7-9-16-6-3/h10-11,13H,4-9H2,1-3H3. The smallest absolute Gasteiger partial charge is 0.241 e. The molecule has 0 aliphatic carbocycles. The van der Waals surface area contributed by atoms with Crippen molar-refractivity contribution < 1.29 is 9.53 Å². The number of amides is 1. The molecule has 0 aromatic carbocycles. The third-order valence-corrected chi connectivity index (χ3v) is 3.04. The zero-order valence-electron chi connectivity index (χ0n) is 10.7. The lowest BCUT2D eigenvalue weighted by molar-refractivity contribution is -0.130. The van der Waals surface area contributed by atoms with Gasteiger partial charge in [-0.05, 0) is 26.2 Å². The molecule has 4 nitrogen and oxygen atoms in total. The lowest BCUT2D eigenvalue weighted by Crippen LogP contribution is -2.37. The molecule has 1 rings (SSSR count). The zero-order chi connectivity index (χ0) is 12.0. The molecule has 1 N–H and O–H groups in total. The van der Waals surface area contributed by atoms with Crippen molar-refractivity contribution in [2.75, 3.05) is 19.8 Å². The third-order valence-electron chi connectivity index (χ3n) is 3.04. The van der Waals surface area contributed by atoms with Crippen LogP contribution in [0.4, 0.5) is 0 Å². The van der Waals surface area contributed by atoms with Crippen LogP contribution in [0, 0.1) is 0 Å². The van der Waals surface area contributed by atoms with Crippen LogP contribution in [0.3, 0.4) is 0 Å². The monoisotopic (exact) mass is 228 g/mol. The fourth-order valence-corrected chi connectivity index (χ4v) is 2.13. The van der Waals surface area contributed by atoms with E-state index in [0.29, 0.717) is 0 Å². The van der Waals surface area contributed by atoms with Gasteiger partial charge in [-0.3, -0.25) is 10.1 Å². The molecule has 4 heteroatoms. The Balaban J connectivity index is 2.39. The molecule has 94 valence electrons. The maximum Gasteiger partial charge on any atom is 0.241 e. The first-order valence-corrected chi connectivity index (χ1v) is 6.38. The molecule has 0 aromatic heterocycles. The van der Waals surface area contributed by atoms with E-state index >= 15 is 0 Å². The molecule has 2 unspecified atom stereocenters. The Hall–Kier alpha value is -0.610. The van der Waals surface area contributed by atoms with Crippen LogP contribution in [-0.2, 0) is 9.53 Å². The molecule has 1 aliphatic rings. The van der Waals surface area contributed by atoms with E-state index in [1.165, 1.54) is 0 Å². The molecular formula is C12H24N2O2. The molecule has 1 aliphatic heterocycles. The molecule has 2 atom stereocenters. The highest BCUT2D eigenvalue weighted by Gasteiger charge is 2.35. The quantitative estimate of drug-likeness (QED) is 0.669. The van der Waals surface area contributed by atoms with Gasteiger partial charge in [-0.25, -0.2) is 0 Å². The van der Waals surface area contributed by atoms with E-state index in [9.17, 15) is 4.79 Å². The van der Waals surface area contributed by atoms with E-state index in [-0.39, 0.29) is 18.1 Å². The highest BCUT2D eigenvalue weighted by molar-refractivity contribution is 5.84. The summed E-state index contributed by atoms with van der Waals surface area (Å²) in [7, 11) is 0. The summed E-state index contributed by atoms with van der Waals surface area (Å²) < 4.78 is 5.29. The Morgan fingerprint density at radius 2 is 2.06 bits per heavy atom. The van der Waals surface area contributed by atoms with Gasteiger partial charge in [0.05, 0.1) is 12.2 Å². The van der Waals surface area contributed by atoms with Crippen LogP contribution >= 0.6 is 0 Å². The normalized spacial score (nSPS) is 25.4. The summed E-state index contributed by atoms with van der Waals surface area (Å²) in [4.78, 5) is 14.0. The summed E-state index contributed by atoms with van der Waals surface area (Å²) in [6, 6.07) is 0.0250. The van der Waals surface area contributed by atoms with Crippen molar-refractivity contribution in [1.82, 2.24) is 10.2 Å². The van der Waals surface area contributed by atoms with Crippen LogP contribution in [0.15, 0.2) is 0 Å². The Kier molecular flexibility index (Phi) is 5.77. The molecule has 0 radical (unpaired) electrons. The number of hydrogen-bond donors (Lipinski definition) is 1. The number of ether oxygens (including phenoxy) is 1. The number of carbonyl (C=O) groups is 1. The van der Waals surface area contributed by atoms with Gasteiger partial charge in [0.2, 0.25) is 5.91 Å². The highest BCUT2D eigenvalue weighted by Crippen LogP contribution is 2.15. The van der Waals surface area contributed by atoms with Crippen LogP contribution in [-0.4, -0.2) is 42.8 Å². The minimum Gasteiger partial charge on any atom is -0.382 e. The summed E-state index contributed by atoms with van der Waals surface area (Å²) in [5.41, 5.74) is 0. The van der Waals surface area contributed by atoms with Gasteiger partial charge in [-0.1, -0.05) is 13.8 Å². The highest BCUT2D eigenvalue weighted by atomic mass is 16.5. The maximum atomic E-state index is 12.0. The number of hydrogen-bond acceptors (Lipinski definition) is 3. The van der Waals surface area contributed by atoms with Crippen LogP contribution in [0.25, 0.3) is 0 Å². The topological polar surface area (TPSA) is 41.6 Å². The molecule has 1 fully saturated rings. The lowest BCUT2D eigenvalue weighted by atomic mass is 10.2. The van der Waals surface area contributed by atoms with E-state index < -0.39 is 0 Å². The van der Waals surface area contributed by atoms with Gasteiger partial charge in [0.15, 0.2) is 0 Å². The summed E-state index contributed by atoms with van der Waals surface area (Å²) in [5.74, 6) is 0.255. The van der Waals surface area contributed by atoms with Gasteiger partial charge in [-0.15, -0.1) is 0 Å². The number of carbonyl (C=O) groups excluding carboxylic acids is 1. The molecule has 0 saturated carbocycles. The number of nitrogens with zero attached hydrogens (tertiary/aromatic N) is 1. The lowest BCUT2D eigenvalue weighted by Gasteiger charge is -2.22. The summed E-state index contributed by atoms with van der Waals surface area (Å²) in [5, 5.41) is 3.37. The molecule has 1 saturated heterocycles. The molecule has 0 spiro atoms. The van der Waals surface area contributed by atoms with Gasteiger partial charge in [-0.2, -0.15) is 0 Å². The van der Waals surface area contributed by atoms with Crippen LogP contribution in [0.1, 0.15) is 40.0 Å². The van der Waals surface area contributed by atoms with Crippen molar-refractivity contribution in [2.24, 2.45) is 0 Å². The minimum absolute atomic E-state index is 0.0250. The van der Waals surface area contributed by atoms with Gasteiger partial charge in [0.25, 0.3) is 0 Å². The van der Waals surface area contributed by atoms with Crippen molar-refractivity contribution >= 4 is 5.91 Å². The second-order valence-electron chi connectivity index (χ2n) is 4.13. The van der Waals surface area contributed by atoms with Crippen molar-refractivity contribution in [1.29, 1.82) is 0 Å².